The Bertz CT molecular complexity index is 776. The Labute approximate surface area is 132 Å². The fourth-order valence-corrected chi connectivity index (χ4v) is 2.57. The fourth-order valence-electron chi connectivity index (χ4n) is 2.57. The van der Waals surface area contributed by atoms with E-state index in [9.17, 15) is 14.4 Å². The van der Waals surface area contributed by atoms with E-state index in [0.717, 1.165) is 5.56 Å². The molecule has 1 unspecified atom stereocenters. The van der Waals surface area contributed by atoms with Crippen molar-refractivity contribution in [1.82, 2.24) is 0 Å². The van der Waals surface area contributed by atoms with E-state index in [4.69, 9.17) is 4.74 Å². The Morgan fingerprint density at radius 1 is 1.04 bits per heavy atom. The van der Waals surface area contributed by atoms with Crippen LogP contribution in [0, 0.1) is 0 Å². The first-order valence-corrected chi connectivity index (χ1v) is 7.11. The highest BCUT2D eigenvalue weighted by molar-refractivity contribution is 5.99. The maximum atomic E-state index is 12.4. The molecule has 1 atom stereocenters. The molecule has 0 radical (unpaired) electrons. The second-order valence-corrected chi connectivity index (χ2v) is 5.18. The summed E-state index contributed by atoms with van der Waals surface area (Å²) in [6, 6.07) is 13.3. The van der Waals surface area contributed by atoms with Crippen LogP contribution in [0.3, 0.4) is 0 Å². The molecule has 0 saturated heterocycles. The number of methoxy groups -OCH3 is 1. The number of rotatable bonds is 4. The van der Waals surface area contributed by atoms with Crippen molar-refractivity contribution >= 4 is 17.7 Å². The van der Waals surface area contributed by atoms with Gasteiger partial charge in [-0.15, -0.1) is 0 Å². The summed E-state index contributed by atoms with van der Waals surface area (Å²) < 4.78 is 9.88. The number of hydrogen-bond donors (Lipinski definition) is 0. The molecule has 5 nitrogen and oxygen atoms in total. The SMILES string of the molecule is COC(=O)c1ccc(C(=O)CC2OC(=O)c3ccccc32)cc1. The van der Waals surface area contributed by atoms with Gasteiger partial charge in [0.15, 0.2) is 5.78 Å². The van der Waals surface area contributed by atoms with Gasteiger partial charge in [0, 0.05) is 11.1 Å². The molecule has 1 heterocycles. The summed E-state index contributed by atoms with van der Waals surface area (Å²) in [4.78, 5) is 35.5. The Hall–Kier alpha value is -2.95. The molecule has 5 heteroatoms. The quantitative estimate of drug-likeness (QED) is 0.641. The molecule has 0 amide bonds. The standard InChI is InChI=1S/C18H14O5/c1-22-17(20)12-8-6-11(7-9-12)15(19)10-16-13-4-2-3-5-14(13)18(21)23-16/h2-9,16H,10H2,1H3. The molecule has 0 aromatic heterocycles. The van der Waals surface area contributed by atoms with Crippen molar-refractivity contribution in [2.45, 2.75) is 12.5 Å². The van der Waals surface area contributed by atoms with E-state index in [1.807, 2.05) is 6.07 Å². The van der Waals surface area contributed by atoms with Crippen LogP contribution in [-0.4, -0.2) is 24.8 Å². The van der Waals surface area contributed by atoms with Crippen LogP contribution in [-0.2, 0) is 9.47 Å². The maximum Gasteiger partial charge on any atom is 0.339 e. The van der Waals surface area contributed by atoms with Gasteiger partial charge in [0.25, 0.3) is 0 Å². The molecule has 1 aliphatic rings. The summed E-state index contributed by atoms with van der Waals surface area (Å²) >= 11 is 0. The molecule has 0 spiro atoms. The minimum atomic E-state index is -0.563. The number of ketones is 1. The second kappa shape index (κ2) is 6.04. The van der Waals surface area contributed by atoms with Gasteiger partial charge in [-0.05, 0) is 18.2 Å². The average molecular weight is 310 g/mol. The zero-order valence-electron chi connectivity index (χ0n) is 12.4. The number of ether oxygens (including phenoxy) is 2. The van der Waals surface area contributed by atoms with E-state index >= 15 is 0 Å². The van der Waals surface area contributed by atoms with Gasteiger partial charge in [0.05, 0.1) is 24.7 Å². The van der Waals surface area contributed by atoms with Gasteiger partial charge >= 0.3 is 11.9 Å². The minimum Gasteiger partial charge on any atom is -0.465 e. The van der Waals surface area contributed by atoms with E-state index < -0.39 is 18.0 Å². The molecular formula is C18H14O5. The van der Waals surface area contributed by atoms with Crippen LogP contribution in [0.15, 0.2) is 48.5 Å². The molecule has 0 N–H and O–H groups in total. The Morgan fingerprint density at radius 2 is 1.70 bits per heavy atom. The third-order valence-electron chi connectivity index (χ3n) is 3.78. The first-order chi connectivity index (χ1) is 11.1. The van der Waals surface area contributed by atoms with Crippen molar-refractivity contribution in [2.24, 2.45) is 0 Å². The van der Waals surface area contributed by atoms with Gasteiger partial charge in [-0.3, -0.25) is 4.79 Å². The first-order valence-electron chi connectivity index (χ1n) is 7.11. The fraction of sp³-hybridized carbons (Fsp3) is 0.167. The lowest BCUT2D eigenvalue weighted by Crippen LogP contribution is -2.08. The highest BCUT2D eigenvalue weighted by Gasteiger charge is 2.32. The second-order valence-electron chi connectivity index (χ2n) is 5.18. The van der Waals surface area contributed by atoms with Crippen LogP contribution in [0.2, 0.25) is 0 Å². The summed E-state index contributed by atoms with van der Waals surface area (Å²) in [6.07, 6.45) is -0.494. The molecule has 0 fully saturated rings. The predicted molar refractivity (Wildman–Crippen MR) is 81.3 cm³/mol. The zero-order chi connectivity index (χ0) is 16.4. The number of esters is 2. The van der Waals surface area contributed by atoms with Gasteiger partial charge in [-0.2, -0.15) is 0 Å². The maximum absolute atomic E-state index is 12.4. The smallest absolute Gasteiger partial charge is 0.339 e. The number of hydrogen-bond acceptors (Lipinski definition) is 5. The topological polar surface area (TPSA) is 69.7 Å². The van der Waals surface area contributed by atoms with Crippen LogP contribution in [0.1, 0.15) is 49.2 Å². The van der Waals surface area contributed by atoms with E-state index in [1.165, 1.54) is 19.2 Å². The summed E-state index contributed by atoms with van der Waals surface area (Å²) in [5, 5.41) is 0. The molecule has 23 heavy (non-hydrogen) atoms. The minimum absolute atomic E-state index is 0.0698. The van der Waals surface area contributed by atoms with Crippen LogP contribution in [0.5, 0.6) is 0 Å². The molecular weight excluding hydrogens is 296 g/mol. The number of benzene rings is 2. The summed E-state index contributed by atoms with van der Waals surface area (Å²) in [5.41, 5.74) is 2.07. The molecule has 0 saturated carbocycles. The van der Waals surface area contributed by atoms with E-state index in [-0.39, 0.29) is 12.2 Å². The zero-order valence-corrected chi connectivity index (χ0v) is 12.4. The first kappa shape index (κ1) is 15.0. The molecule has 2 aromatic carbocycles. The lowest BCUT2D eigenvalue weighted by Gasteiger charge is -2.10. The summed E-state index contributed by atoms with van der Waals surface area (Å²) in [5.74, 6) is -1.02. The molecule has 2 aromatic rings. The van der Waals surface area contributed by atoms with E-state index in [0.29, 0.717) is 16.7 Å². The average Bonchev–Trinajstić information content (AvgIpc) is 2.90. The van der Waals surface area contributed by atoms with Gasteiger partial charge in [-0.25, -0.2) is 9.59 Å². The highest BCUT2D eigenvalue weighted by Crippen LogP contribution is 2.33. The van der Waals surface area contributed by atoms with Crippen molar-refractivity contribution in [2.75, 3.05) is 7.11 Å². The van der Waals surface area contributed by atoms with Crippen LogP contribution in [0.4, 0.5) is 0 Å². The number of fused-ring (bicyclic) bond motifs is 1. The lowest BCUT2D eigenvalue weighted by atomic mass is 9.98. The van der Waals surface area contributed by atoms with Gasteiger partial charge in [0.2, 0.25) is 0 Å². The van der Waals surface area contributed by atoms with Crippen molar-refractivity contribution in [3.63, 3.8) is 0 Å². The van der Waals surface area contributed by atoms with Gasteiger partial charge < -0.3 is 9.47 Å². The Morgan fingerprint density at radius 3 is 2.39 bits per heavy atom. The van der Waals surface area contributed by atoms with E-state index in [1.54, 1.807) is 30.3 Å². The highest BCUT2D eigenvalue weighted by atomic mass is 16.5. The largest absolute Gasteiger partial charge is 0.465 e. The van der Waals surface area contributed by atoms with Crippen molar-refractivity contribution < 1.29 is 23.9 Å². The van der Waals surface area contributed by atoms with Gasteiger partial charge in [-0.1, -0.05) is 30.3 Å². The number of cyclic esters (lactones) is 1. The molecule has 116 valence electrons. The van der Waals surface area contributed by atoms with E-state index in [2.05, 4.69) is 4.74 Å². The third-order valence-corrected chi connectivity index (χ3v) is 3.78. The summed E-state index contributed by atoms with van der Waals surface area (Å²) in [6.45, 7) is 0. The number of carbonyl (C=O) groups excluding carboxylic acids is 3. The van der Waals surface area contributed by atoms with Crippen molar-refractivity contribution in [3.8, 4) is 0 Å². The Balaban J connectivity index is 1.75. The molecule has 0 aliphatic carbocycles. The van der Waals surface area contributed by atoms with Gasteiger partial charge in [0.1, 0.15) is 6.10 Å². The molecule has 0 bridgehead atoms. The third kappa shape index (κ3) is 2.85. The van der Waals surface area contributed by atoms with Crippen molar-refractivity contribution in [1.29, 1.82) is 0 Å². The summed E-state index contributed by atoms with van der Waals surface area (Å²) in [7, 11) is 1.30. The lowest BCUT2D eigenvalue weighted by molar-refractivity contribution is 0.0366. The predicted octanol–water partition coefficient (Wildman–Crippen LogP) is 2.96. The number of Topliss-reactive ketones (excluding diaryl/α,β-unsaturated/α-hetero) is 1. The molecule has 1 aliphatic heterocycles. The van der Waals surface area contributed by atoms with Crippen LogP contribution < -0.4 is 0 Å². The van der Waals surface area contributed by atoms with Crippen LogP contribution in [0.25, 0.3) is 0 Å². The number of carbonyl (C=O) groups is 3. The monoisotopic (exact) mass is 310 g/mol. The Kier molecular flexibility index (Phi) is 3.93. The normalized spacial score (nSPS) is 15.7. The molecule has 3 rings (SSSR count). The van der Waals surface area contributed by atoms with Crippen molar-refractivity contribution in [3.05, 3.63) is 70.8 Å². The van der Waals surface area contributed by atoms with Crippen LogP contribution >= 0.6 is 0 Å².